The predicted molar refractivity (Wildman–Crippen MR) is 74.9 cm³/mol. The molecule has 17 heavy (non-hydrogen) atoms. The van der Waals surface area contributed by atoms with E-state index in [1.165, 1.54) is 0 Å². The van der Waals surface area contributed by atoms with Gasteiger partial charge in [-0.15, -0.1) is 0 Å². The van der Waals surface area contributed by atoms with Crippen LogP contribution in [0.25, 0.3) is 0 Å². The van der Waals surface area contributed by atoms with Gasteiger partial charge in [0.25, 0.3) is 0 Å². The molecule has 0 saturated heterocycles. The fraction of sp³-hybridized carbons (Fsp3) is 0.571. The van der Waals surface area contributed by atoms with E-state index in [1.54, 1.807) is 6.92 Å². The van der Waals surface area contributed by atoms with Crippen molar-refractivity contribution in [2.45, 2.75) is 51.9 Å². The van der Waals surface area contributed by atoms with Crippen molar-refractivity contribution in [3.05, 3.63) is 29.8 Å². The van der Waals surface area contributed by atoms with Crippen LogP contribution in [0.15, 0.2) is 24.3 Å². The van der Waals surface area contributed by atoms with Crippen molar-refractivity contribution in [2.75, 3.05) is 0 Å². The maximum Gasteiger partial charge on any atom is 0.250 e. The summed E-state index contributed by atoms with van der Waals surface area (Å²) >= 11 is 0. The van der Waals surface area contributed by atoms with Gasteiger partial charge in [-0.3, -0.25) is 0 Å². The molecule has 0 bridgehead atoms. The van der Waals surface area contributed by atoms with Gasteiger partial charge in [0.2, 0.25) is 8.32 Å². The Balaban J connectivity index is 2.90. The van der Waals surface area contributed by atoms with Gasteiger partial charge < -0.3 is 9.53 Å². The number of hydrogen-bond donors (Lipinski definition) is 1. The molecule has 0 radical (unpaired) electrons. The molecule has 1 rings (SSSR count). The molecule has 0 saturated carbocycles. The molecule has 3 heteroatoms. The summed E-state index contributed by atoms with van der Waals surface area (Å²) in [6.07, 6.45) is -0.431. The molecule has 1 atom stereocenters. The Bertz CT molecular complexity index is 338. The highest BCUT2D eigenvalue weighted by molar-refractivity contribution is 6.74. The lowest BCUT2D eigenvalue weighted by atomic mass is 10.1. The Kier molecular flexibility index (Phi) is 5.21. The van der Waals surface area contributed by atoms with E-state index in [0.717, 1.165) is 29.4 Å². The van der Waals surface area contributed by atoms with Crippen molar-refractivity contribution in [1.82, 2.24) is 0 Å². The monoisotopic (exact) mass is 252 g/mol. The smallest absolute Gasteiger partial charge is 0.250 e. The van der Waals surface area contributed by atoms with Crippen molar-refractivity contribution in [1.29, 1.82) is 0 Å². The summed E-state index contributed by atoms with van der Waals surface area (Å²) in [6.45, 7) is 8.44. The van der Waals surface area contributed by atoms with E-state index in [-0.39, 0.29) is 0 Å². The second-order valence-corrected chi connectivity index (χ2v) is 9.29. The molecule has 1 aromatic carbocycles. The van der Waals surface area contributed by atoms with Gasteiger partial charge in [0, 0.05) is 0 Å². The lowest BCUT2D eigenvalue weighted by molar-refractivity contribution is 0.199. The van der Waals surface area contributed by atoms with Gasteiger partial charge >= 0.3 is 0 Å². The Morgan fingerprint density at radius 3 is 2.24 bits per heavy atom. The first-order valence-corrected chi connectivity index (χ1v) is 9.07. The van der Waals surface area contributed by atoms with Crippen LogP contribution in [0.2, 0.25) is 18.1 Å². The third-order valence-corrected chi connectivity index (χ3v) is 8.14. The minimum absolute atomic E-state index is 0.431. The Labute approximate surface area is 106 Å². The third-order valence-electron chi connectivity index (χ3n) is 3.61. The van der Waals surface area contributed by atoms with Crippen LogP contribution in [-0.2, 0) is 0 Å². The van der Waals surface area contributed by atoms with Gasteiger partial charge in [-0.2, -0.15) is 0 Å². The molecule has 0 aliphatic carbocycles. The molecule has 0 aliphatic heterocycles. The molecule has 0 fully saturated rings. The highest BCUT2D eigenvalue weighted by Crippen LogP contribution is 2.27. The Morgan fingerprint density at radius 2 is 1.76 bits per heavy atom. The topological polar surface area (TPSA) is 29.5 Å². The van der Waals surface area contributed by atoms with Crippen molar-refractivity contribution < 1.29 is 9.53 Å². The van der Waals surface area contributed by atoms with E-state index in [4.69, 9.17) is 4.43 Å². The number of hydrogen-bond acceptors (Lipinski definition) is 2. The highest BCUT2D eigenvalue weighted by atomic mass is 28.4. The van der Waals surface area contributed by atoms with E-state index in [0.29, 0.717) is 0 Å². The largest absolute Gasteiger partial charge is 0.543 e. The van der Waals surface area contributed by atoms with Crippen LogP contribution in [0, 0.1) is 0 Å². The first-order valence-electron chi connectivity index (χ1n) is 6.54. The van der Waals surface area contributed by atoms with Crippen molar-refractivity contribution >= 4 is 8.32 Å². The molecule has 1 unspecified atom stereocenters. The molecule has 96 valence electrons. The summed E-state index contributed by atoms with van der Waals surface area (Å²) in [5.41, 5.74) is 0.925. The van der Waals surface area contributed by atoms with Gasteiger partial charge in [0.05, 0.1) is 6.10 Å². The van der Waals surface area contributed by atoms with Crippen LogP contribution < -0.4 is 4.43 Å². The standard InChI is InChI=1S/C14H24O2Si/c1-5-17(6-2,7-3)16-14-10-8-9-13(11-14)12(4)15/h8-12,15H,5-7H2,1-4H3. The summed E-state index contributed by atoms with van der Waals surface area (Å²) in [6, 6.07) is 11.3. The Hall–Kier alpha value is -0.803. The molecular weight excluding hydrogens is 228 g/mol. The SMILES string of the molecule is CC[Si](CC)(CC)Oc1cccc(C(C)O)c1. The molecule has 0 amide bonds. The normalized spacial score (nSPS) is 13.5. The van der Waals surface area contributed by atoms with Crippen LogP contribution in [0.3, 0.4) is 0 Å². The number of aliphatic hydroxyl groups is 1. The zero-order chi connectivity index (χ0) is 12.9. The summed E-state index contributed by atoms with van der Waals surface area (Å²) in [5.74, 6) is 0.917. The molecule has 0 aliphatic rings. The molecule has 1 aromatic rings. The predicted octanol–water partition coefficient (Wildman–Crippen LogP) is 4.12. The minimum atomic E-state index is -1.60. The van der Waals surface area contributed by atoms with E-state index >= 15 is 0 Å². The summed E-state index contributed by atoms with van der Waals surface area (Å²) < 4.78 is 6.27. The lowest BCUT2D eigenvalue weighted by Crippen LogP contribution is -2.39. The van der Waals surface area contributed by atoms with Crippen molar-refractivity contribution in [3.8, 4) is 5.75 Å². The molecule has 2 nitrogen and oxygen atoms in total. The molecular formula is C14H24O2Si. The highest BCUT2D eigenvalue weighted by Gasteiger charge is 2.30. The van der Waals surface area contributed by atoms with E-state index < -0.39 is 14.4 Å². The van der Waals surface area contributed by atoms with Gasteiger partial charge in [0.1, 0.15) is 5.75 Å². The minimum Gasteiger partial charge on any atom is -0.543 e. The molecule has 1 N–H and O–H groups in total. The quantitative estimate of drug-likeness (QED) is 0.772. The number of aliphatic hydroxyl groups excluding tert-OH is 1. The second kappa shape index (κ2) is 6.22. The van der Waals surface area contributed by atoms with Crippen LogP contribution >= 0.6 is 0 Å². The zero-order valence-electron chi connectivity index (χ0n) is 11.4. The van der Waals surface area contributed by atoms with E-state index in [2.05, 4.69) is 20.8 Å². The molecule has 0 spiro atoms. The number of benzene rings is 1. The van der Waals surface area contributed by atoms with Crippen LogP contribution in [0.5, 0.6) is 5.75 Å². The Morgan fingerprint density at radius 1 is 1.18 bits per heavy atom. The summed E-state index contributed by atoms with van der Waals surface area (Å²) in [5, 5.41) is 9.57. The first-order chi connectivity index (χ1) is 8.06. The van der Waals surface area contributed by atoms with Crippen molar-refractivity contribution in [2.24, 2.45) is 0 Å². The van der Waals surface area contributed by atoms with Gasteiger partial charge in [-0.05, 0) is 42.8 Å². The number of rotatable bonds is 6. The maximum absolute atomic E-state index is 9.57. The maximum atomic E-state index is 9.57. The van der Waals surface area contributed by atoms with Crippen LogP contribution in [-0.4, -0.2) is 13.4 Å². The average Bonchev–Trinajstić information content (AvgIpc) is 2.36. The van der Waals surface area contributed by atoms with E-state index in [1.807, 2.05) is 24.3 Å². The third kappa shape index (κ3) is 3.58. The first kappa shape index (κ1) is 14.3. The average molecular weight is 252 g/mol. The fourth-order valence-corrected chi connectivity index (χ4v) is 4.61. The van der Waals surface area contributed by atoms with E-state index in [9.17, 15) is 5.11 Å². The lowest BCUT2D eigenvalue weighted by Gasteiger charge is -2.29. The zero-order valence-corrected chi connectivity index (χ0v) is 12.4. The van der Waals surface area contributed by atoms with Gasteiger partial charge in [-0.25, -0.2) is 0 Å². The van der Waals surface area contributed by atoms with Gasteiger partial charge in [0.15, 0.2) is 0 Å². The van der Waals surface area contributed by atoms with Crippen molar-refractivity contribution in [3.63, 3.8) is 0 Å². The van der Waals surface area contributed by atoms with Gasteiger partial charge in [-0.1, -0.05) is 32.9 Å². The second-order valence-electron chi connectivity index (χ2n) is 4.59. The van der Waals surface area contributed by atoms with Crippen LogP contribution in [0.1, 0.15) is 39.4 Å². The van der Waals surface area contributed by atoms with Crippen LogP contribution in [0.4, 0.5) is 0 Å². The summed E-state index contributed by atoms with van der Waals surface area (Å²) in [4.78, 5) is 0. The molecule has 0 heterocycles. The summed E-state index contributed by atoms with van der Waals surface area (Å²) in [7, 11) is -1.60. The molecule has 0 aromatic heterocycles. The fourth-order valence-electron chi connectivity index (χ4n) is 2.05.